The molecule has 1 amide bonds. The average molecular weight is 398 g/mol. The van der Waals surface area contributed by atoms with Crippen LogP contribution in [0.4, 0.5) is 5.95 Å². The Bertz CT molecular complexity index is 1130. The van der Waals surface area contributed by atoms with Gasteiger partial charge in [0.1, 0.15) is 0 Å². The second kappa shape index (κ2) is 7.93. The van der Waals surface area contributed by atoms with E-state index in [1.165, 1.54) is 13.3 Å². The van der Waals surface area contributed by atoms with E-state index < -0.39 is 0 Å². The zero-order chi connectivity index (χ0) is 18.8. The largest absolute Gasteiger partial charge is 0.504 e. The molecule has 0 aliphatic carbocycles. The van der Waals surface area contributed by atoms with Crippen molar-refractivity contribution in [3.8, 4) is 22.6 Å². The maximum absolute atomic E-state index is 12.2. The lowest BCUT2D eigenvalue weighted by molar-refractivity contribution is 0.102. The van der Waals surface area contributed by atoms with E-state index in [4.69, 9.17) is 4.74 Å². The number of anilines is 1. The molecule has 0 saturated carbocycles. The van der Waals surface area contributed by atoms with Gasteiger partial charge in [-0.05, 0) is 42.0 Å². The van der Waals surface area contributed by atoms with Crippen LogP contribution < -0.4 is 10.1 Å². The molecule has 4 aromatic rings. The van der Waals surface area contributed by atoms with E-state index in [0.29, 0.717) is 17.0 Å². The van der Waals surface area contributed by atoms with Crippen LogP contribution in [0.5, 0.6) is 11.5 Å². The summed E-state index contributed by atoms with van der Waals surface area (Å²) < 4.78 is 6.72. The van der Waals surface area contributed by atoms with Gasteiger partial charge >= 0.3 is 0 Å². The maximum Gasteiger partial charge on any atom is 0.259 e. The van der Waals surface area contributed by atoms with Crippen LogP contribution in [-0.4, -0.2) is 37.7 Å². The highest BCUT2D eigenvalue weighted by Gasteiger charge is 2.11. The molecule has 0 fully saturated rings. The lowest BCUT2D eigenvalue weighted by Crippen LogP contribution is -2.13. The van der Waals surface area contributed by atoms with Gasteiger partial charge in [0.05, 0.1) is 12.7 Å². The summed E-state index contributed by atoms with van der Waals surface area (Å²) in [6.45, 7) is 0. The molecule has 4 rings (SSSR count). The number of aromatic hydroxyl groups is 1. The van der Waals surface area contributed by atoms with Crippen molar-refractivity contribution in [1.82, 2.24) is 19.6 Å². The van der Waals surface area contributed by atoms with Crippen LogP contribution in [0.25, 0.3) is 16.8 Å². The van der Waals surface area contributed by atoms with Crippen LogP contribution in [0.3, 0.4) is 0 Å². The van der Waals surface area contributed by atoms with Crippen molar-refractivity contribution in [2.24, 2.45) is 0 Å². The van der Waals surface area contributed by atoms with Crippen LogP contribution in [-0.2, 0) is 0 Å². The number of hydrogen-bond acceptors (Lipinski definition) is 6. The molecule has 142 valence electrons. The summed E-state index contributed by atoms with van der Waals surface area (Å²) in [6, 6.07) is 12.1. The smallest absolute Gasteiger partial charge is 0.259 e. The number of halogens is 1. The third kappa shape index (κ3) is 3.72. The lowest BCUT2D eigenvalue weighted by Gasteiger charge is -2.07. The van der Waals surface area contributed by atoms with E-state index in [1.807, 2.05) is 6.07 Å². The first kappa shape index (κ1) is 19.1. The summed E-state index contributed by atoms with van der Waals surface area (Å²) in [7, 11) is 1.50. The first-order chi connectivity index (χ1) is 13.1. The summed E-state index contributed by atoms with van der Waals surface area (Å²) in [6.07, 6.45) is 4.86. The van der Waals surface area contributed by atoms with Crippen molar-refractivity contribution in [1.29, 1.82) is 0 Å². The predicted molar refractivity (Wildman–Crippen MR) is 106 cm³/mol. The molecule has 0 bridgehead atoms. The molecule has 0 atom stereocenters. The predicted octanol–water partition coefficient (Wildman–Crippen LogP) is 3.18. The zero-order valence-corrected chi connectivity index (χ0v) is 15.6. The monoisotopic (exact) mass is 397 g/mol. The quantitative estimate of drug-likeness (QED) is 0.548. The van der Waals surface area contributed by atoms with E-state index in [2.05, 4.69) is 20.4 Å². The van der Waals surface area contributed by atoms with E-state index in [9.17, 15) is 9.90 Å². The van der Waals surface area contributed by atoms with Crippen LogP contribution in [0, 0.1) is 0 Å². The number of rotatable bonds is 4. The van der Waals surface area contributed by atoms with Gasteiger partial charge in [-0.1, -0.05) is 6.07 Å². The number of methoxy groups -OCH3 is 1. The van der Waals surface area contributed by atoms with Gasteiger partial charge < -0.3 is 9.84 Å². The first-order valence-corrected chi connectivity index (χ1v) is 8.09. The highest BCUT2D eigenvalue weighted by Crippen LogP contribution is 2.31. The summed E-state index contributed by atoms with van der Waals surface area (Å²) in [5.74, 6) is 0.325. The number of amides is 1. The minimum atomic E-state index is -0.331. The lowest BCUT2D eigenvalue weighted by atomic mass is 10.1. The molecule has 1 aromatic carbocycles. The molecular formula is C19H16ClN5O3. The number of aromatic nitrogens is 4. The van der Waals surface area contributed by atoms with Gasteiger partial charge in [-0.15, -0.1) is 17.5 Å². The minimum Gasteiger partial charge on any atom is -0.504 e. The Kier molecular flexibility index (Phi) is 5.42. The zero-order valence-electron chi connectivity index (χ0n) is 14.7. The van der Waals surface area contributed by atoms with Crippen molar-refractivity contribution >= 4 is 29.9 Å². The SMILES string of the molecule is COc1cc(-c2ccc3nc(NC(=O)c4cccnc4)nn3c2)ccc1O.Cl. The van der Waals surface area contributed by atoms with Crippen molar-refractivity contribution in [3.63, 3.8) is 0 Å². The number of carbonyl (C=O) groups excluding carboxylic acids is 1. The van der Waals surface area contributed by atoms with Gasteiger partial charge in [0.15, 0.2) is 17.1 Å². The Balaban J connectivity index is 0.00000225. The molecule has 0 spiro atoms. The van der Waals surface area contributed by atoms with E-state index in [1.54, 1.807) is 53.3 Å². The topological polar surface area (TPSA) is 102 Å². The molecule has 0 aliphatic rings. The number of phenolic OH excluding ortho intramolecular Hbond substituents is 1. The van der Waals surface area contributed by atoms with E-state index >= 15 is 0 Å². The third-order valence-corrected chi connectivity index (χ3v) is 3.99. The highest BCUT2D eigenvalue weighted by molar-refractivity contribution is 6.03. The second-order valence-corrected chi connectivity index (χ2v) is 5.74. The summed E-state index contributed by atoms with van der Waals surface area (Å²) in [5.41, 5.74) is 2.72. The molecule has 0 aliphatic heterocycles. The molecular weight excluding hydrogens is 382 g/mol. The molecule has 28 heavy (non-hydrogen) atoms. The van der Waals surface area contributed by atoms with E-state index in [-0.39, 0.29) is 30.0 Å². The number of hydrogen-bond donors (Lipinski definition) is 2. The van der Waals surface area contributed by atoms with Crippen molar-refractivity contribution in [3.05, 3.63) is 66.6 Å². The molecule has 3 heterocycles. The maximum atomic E-state index is 12.2. The Morgan fingerprint density at radius 2 is 2.00 bits per heavy atom. The van der Waals surface area contributed by atoms with Crippen LogP contribution >= 0.6 is 12.4 Å². The Morgan fingerprint density at radius 3 is 2.75 bits per heavy atom. The Hall–Kier alpha value is -3.65. The molecule has 2 N–H and O–H groups in total. The summed E-state index contributed by atoms with van der Waals surface area (Å²) in [5, 5.41) is 16.7. The fourth-order valence-corrected chi connectivity index (χ4v) is 2.63. The van der Waals surface area contributed by atoms with Gasteiger partial charge in [0.25, 0.3) is 5.91 Å². The van der Waals surface area contributed by atoms with Crippen molar-refractivity contribution < 1.29 is 14.6 Å². The van der Waals surface area contributed by atoms with Gasteiger partial charge in [0, 0.05) is 24.2 Å². The molecule has 0 radical (unpaired) electrons. The molecule has 8 nitrogen and oxygen atoms in total. The summed E-state index contributed by atoms with van der Waals surface area (Å²) in [4.78, 5) is 20.4. The number of carbonyl (C=O) groups is 1. The average Bonchev–Trinajstić information content (AvgIpc) is 3.10. The number of fused-ring (bicyclic) bond motifs is 1. The number of ether oxygens (including phenoxy) is 1. The molecule has 9 heteroatoms. The van der Waals surface area contributed by atoms with Crippen LogP contribution in [0.2, 0.25) is 0 Å². The highest BCUT2D eigenvalue weighted by atomic mass is 35.5. The molecule has 0 unspecified atom stereocenters. The van der Waals surface area contributed by atoms with Gasteiger partial charge in [0.2, 0.25) is 5.95 Å². The fourth-order valence-electron chi connectivity index (χ4n) is 2.63. The van der Waals surface area contributed by atoms with Crippen molar-refractivity contribution in [2.45, 2.75) is 0 Å². The molecule has 0 saturated heterocycles. The van der Waals surface area contributed by atoms with Gasteiger partial charge in [-0.3, -0.25) is 15.1 Å². The third-order valence-electron chi connectivity index (χ3n) is 3.99. The Labute approximate surface area is 166 Å². The van der Waals surface area contributed by atoms with Gasteiger partial charge in [-0.25, -0.2) is 4.52 Å². The number of phenols is 1. The first-order valence-electron chi connectivity index (χ1n) is 8.09. The van der Waals surface area contributed by atoms with Crippen LogP contribution in [0.1, 0.15) is 10.4 Å². The molecule has 3 aromatic heterocycles. The normalized spacial score (nSPS) is 10.3. The fraction of sp³-hybridized carbons (Fsp3) is 0.0526. The standard InChI is InChI=1S/C19H15N5O3.ClH/c1-27-16-9-12(4-6-15(16)25)14-5-7-17-21-19(23-24(17)11-14)22-18(26)13-3-2-8-20-10-13;/h2-11,25H,1H3,(H,22,23,26);1H. The second-order valence-electron chi connectivity index (χ2n) is 5.74. The number of benzene rings is 1. The number of nitrogens with one attached hydrogen (secondary N) is 1. The Morgan fingerprint density at radius 1 is 1.18 bits per heavy atom. The van der Waals surface area contributed by atoms with Crippen LogP contribution in [0.15, 0.2) is 61.1 Å². The van der Waals surface area contributed by atoms with Crippen molar-refractivity contribution in [2.75, 3.05) is 12.4 Å². The van der Waals surface area contributed by atoms with E-state index in [0.717, 1.165) is 11.1 Å². The number of pyridine rings is 2. The number of nitrogens with zero attached hydrogens (tertiary/aromatic N) is 4. The van der Waals surface area contributed by atoms with Gasteiger partial charge in [-0.2, -0.15) is 4.98 Å². The minimum absolute atomic E-state index is 0. The summed E-state index contributed by atoms with van der Waals surface area (Å²) >= 11 is 0.